The van der Waals surface area contributed by atoms with Crippen LogP contribution >= 0.6 is 0 Å². The van der Waals surface area contributed by atoms with Gasteiger partial charge in [0.25, 0.3) is 5.95 Å². The number of aliphatic hydroxyl groups is 1. The maximum atomic E-state index is 10.4. The molecule has 1 spiro atoms. The van der Waals surface area contributed by atoms with E-state index in [1.54, 1.807) is 6.92 Å². The first-order chi connectivity index (χ1) is 11.6. The summed E-state index contributed by atoms with van der Waals surface area (Å²) in [4.78, 5) is 6.43. The molecule has 0 radical (unpaired) electrons. The summed E-state index contributed by atoms with van der Waals surface area (Å²) in [6.07, 6.45) is 2.74. The van der Waals surface area contributed by atoms with Crippen molar-refractivity contribution in [2.24, 2.45) is 0 Å². The number of aliphatic hydroxyl groups excluding tert-OH is 1. The molecule has 6 heteroatoms. The lowest BCUT2D eigenvalue weighted by Gasteiger charge is -2.47. The number of hydrogen-bond donors (Lipinski definition) is 1. The highest BCUT2D eigenvalue weighted by Gasteiger charge is 2.44. The highest BCUT2D eigenvalue weighted by atomic mass is 16.5. The van der Waals surface area contributed by atoms with Crippen molar-refractivity contribution in [2.75, 3.05) is 18.0 Å². The Morgan fingerprint density at radius 1 is 1.21 bits per heavy atom. The molecule has 2 aromatic rings. The molecule has 24 heavy (non-hydrogen) atoms. The number of aryl methyl sites for hydroxylation is 1. The van der Waals surface area contributed by atoms with Crippen molar-refractivity contribution in [1.29, 1.82) is 0 Å². The van der Waals surface area contributed by atoms with Gasteiger partial charge in [-0.1, -0.05) is 30.3 Å². The minimum Gasteiger partial charge on any atom is -0.393 e. The predicted octanol–water partition coefficient (Wildman–Crippen LogP) is 2.63. The van der Waals surface area contributed by atoms with Crippen molar-refractivity contribution in [3.63, 3.8) is 0 Å². The topological polar surface area (TPSA) is 71.6 Å². The Bertz CT molecular complexity index is 680. The number of hydrogen-bond acceptors (Lipinski definition) is 6. The van der Waals surface area contributed by atoms with Gasteiger partial charge in [0.1, 0.15) is 0 Å². The van der Waals surface area contributed by atoms with Crippen molar-refractivity contribution in [2.45, 2.75) is 50.4 Å². The van der Waals surface area contributed by atoms with Gasteiger partial charge in [-0.2, -0.15) is 4.98 Å². The summed E-state index contributed by atoms with van der Waals surface area (Å²) in [5, 5.41) is 14.4. The van der Waals surface area contributed by atoms with Crippen LogP contribution in [0.3, 0.4) is 0 Å². The lowest BCUT2D eigenvalue weighted by molar-refractivity contribution is -0.173. The van der Waals surface area contributed by atoms with Gasteiger partial charge >= 0.3 is 0 Å². The van der Waals surface area contributed by atoms with Gasteiger partial charge in [-0.3, -0.25) is 0 Å². The van der Waals surface area contributed by atoms with Crippen LogP contribution in [0.2, 0.25) is 0 Å². The lowest BCUT2D eigenvalue weighted by atomic mass is 9.81. The first-order valence-corrected chi connectivity index (χ1v) is 8.60. The third-order valence-electron chi connectivity index (χ3n) is 5.13. The summed E-state index contributed by atoms with van der Waals surface area (Å²) >= 11 is 0. The van der Waals surface area contributed by atoms with Crippen molar-refractivity contribution in [3.05, 3.63) is 41.8 Å². The Morgan fingerprint density at radius 2 is 1.96 bits per heavy atom. The molecule has 2 saturated heterocycles. The molecule has 2 fully saturated rings. The van der Waals surface area contributed by atoms with E-state index in [1.807, 2.05) is 18.2 Å². The Labute approximate surface area is 141 Å². The molecule has 1 aromatic heterocycles. The number of ether oxygens (including phenoxy) is 1. The standard InChI is InChI=1S/C18H23N3O3/c1-13-19-17(20-24-13)21-9-7-18(8-10-21)12-15(22)11-16(23-18)14-5-3-2-4-6-14/h2-6,15-16,22H,7-12H2,1H3/t15-,16-/m1/s1. The fourth-order valence-electron chi connectivity index (χ4n) is 3.88. The lowest BCUT2D eigenvalue weighted by Crippen LogP contribution is -2.51. The van der Waals surface area contributed by atoms with E-state index in [-0.39, 0.29) is 17.8 Å². The molecule has 6 nitrogen and oxygen atoms in total. The fourth-order valence-corrected chi connectivity index (χ4v) is 3.88. The van der Waals surface area contributed by atoms with Gasteiger partial charge in [-0.05, 0) is 23.6 Å². The van der Waals surface area contributed by atoms with Crippen LogP contribution in [0.25, 0.3) is 0 Å². The molecule has 0 saturated carbocycles. The molecule has 1 aromatic carbocycles. The van der Waals surface area contributed by atoms with E-state index < -0.39 is 0 Å². The normalized spacial score (nSPS) is 26.7. The number of benzene rings is 1. The molecule has 0 amide bonds. The summed E-state index contributed by atoms with van der Waals surface area (Å²) in [5.41, 5.74) is 0.889. The van der Waals surface area contributed by atoms with E-state index in [1.165, 1.54) is 0 Å². The van der Waals surface area contributed by atoms with Crippen molar-refractivity contribution < 1.29 is 14.4 Å². The largest absolute Gasteiger partial charge is 0.393 e. The van der Waals surface area contributed by atoms with Crippen LogP contribution in [0, 0.1) is 6.92 Å². The van der Waals surface area contributed by atoms with Crippen LogP contribution in [0.5, 0.6) is 0 Å². The predicted molar refractivity (Wildman–Crippen MR) is 88.7 cm³/mol. The van der Waals surface area contributed by atoms with E-state index >= 15 is 0 Å². The highest BCUT2D eigenvalue weighted by Crippen LogP contribution is 2.43. The van der Waals surface area contributed by atoms with Crippen molar-refractivity contribution >= 4 is 5.95 Å². The van der Waals surface area contributed by atoms with E-state index in [4.69, 9.17) is 9.26 Å². The van der Waals surface area contributed by atoms with Crippen molar-refractivity contribution in [1.82, 2.24) is 10.1 Å². The number of piperidine rings is 1. The molecule has 1 N–H and O–H groups in total. The molecule has 128 valence electrons. The number of nitrogens with zero attached hydrogens (tertiary/aromatic N) is 3. The summed E-state index contributed by atoms with van der Waals surface area (Å²) in [7, 11) is 0. The van der Waals surface area contributed by atoms with Crippen LogP contribution in [-0.4, -0.2) is 40.0 Å². The summed E-state index contributed by atoms with van der Waals surface area (Å²) in [6.45, 7) is 3.42. The molecular formula is C18H23N3O3. The number of aromatic nitrogens is 2. The molecule has 0 bridgehead atoms. The van der Waals surface area contributed by atoms with Crippen LogP contribution in [0.15, 0.2) is 34.9 Å². The first kappa shape index (κ1) is 15.6. The maximum absolute atomic E-state index is 10.4. The zero-order chi connectivity index (χ0) is 16.6. The zero-order valence-corrected chi connectivity index (χ0v) is 13.9. The Morgan fingerprint density at radius 3 is 2.62 bits per heavy atom. The molecule has 2 aliphatic rings. The van der Waals surface area contributed by atoms with E-state index in [9.17, 15) is 5.11 Å². The monoisotopic (exact) mass is 329 g/mol. The highest BCUT2D eigenvalue weighted by molar-refractivity contribution is 5.29. The van der Waals surface area contributed by atoms with Gasteiger partial charge in [0.05, 0.1) is 17.8 Å². The van der Waals surface area contributed by atoms with Gasteiger partial charge in [0.2, 0.25) is 5.89 Å². The molecule has 3 heterocycles. The summed E-state index contributed by atoms with van der Waals surface area (Å²) in [5.74, 6) is 1.23. The Balaban J connectivity index is 1.47. The minimum absolute atomic E-state index is 0.0334. The third kappa shape index (κ3) is 3.03. The molecule has 2 aliphatic heterocycles. The second-order valence-corrected chi connectivity index (χ2v) is 6.89. The quantitative estimate of drug-likeness (QED) is 0.913. The van der Waals surface area contributed by atoms with Crippen LogP contribution in [0.4, 0.5) is 5.95 Å². The van der Waals surface area contributed by atoms with Crippen LogP contribution in [0.1, 0.15) is 43.2 Å². The Hall–Kier alpha value is -1.92. The maximum Gasteiger partial charge on any atom is 0.266 e. The molecular weight excluding hydrogens is 306 g/mol. The Kier molecular flexibility index (Phi) is 4.02. The molecule has 4 rings (SSSR count). The molecule has 2 atom stereocenters. The molecule has 0 unspecified atom stereocenters. The number of anilines is 1. The van der Waals surface area contributed by atoms with Gasteiger partial charge in [0.15, 0.2) is 0 Å². The fraction of sp³-hybridized carbons (Fsp3) is 0.556. The van der Waals surface area contributed by atoms with Gasteiger partial charge in [-0.25, -0.2) is 0 Å². The molecule has 0 aliphatic carbocycles. The van der Waals surface area contributed by atoms with Gasteiger partial charge < -0.3 is 19.3 Å². The zero-order valence-electron chi connectivity index (χ0n) is 13.9. The second-order valence-electron chi connectivity index (χ2n) is 6.89. The van der Waals surface area contributed by atoms with Crippen molar-refractivity contribution in [3.8, 4) is 0 Å². The van der Waals surface area contributed by atoms with Gasteiger partial charge in [0, 0.05) is 32.9 Å². The number of rotatable bonds is 2. The van der Waals surface area contributed by atoms with Crippen LogP contribution < -0.4 is 4.90 Å². The van der Waals surface area contributed by atoms with E-state index in [0.717, 1.165) is 31.5 Å². The second kappa shape index (κ2) is 6.18. The average molecular weight is 329 g/mol. The van der Waals surface area contributed by atoms with Gasteiger partial charge in [-0.15, -0.1) is 0 Å². The summed E-state index contributed by atoms with van der Waals surface area (Å²) < 4.78 is 11.6. The van der Waals surface area contributed by atoms with Crippen LogP contribution in [-0.2, 0) is 4.74 Å². The smallest absolute Gasteiger partial charge is 0.266 e. The first-order valence-electron chi connectivity index (χ1n) is 8.60. The van der Waals surface area contributed by atoms with E-state index in [0.29, 0.717) is 24.7 Å². The van der Waals surface area contributed by atoms with E-state index in [2.05, 4.69) is 27.2 Å². The minimum atomic E-state index is -0.317. The SMILES string of the molecule is Cc1nc(N2CCC3(CC2)C[C@H](O)C[C@H](c2ccccc2)O3)no1. The third-order valence-corrected chi connectivity index (χ3v) is 5.13. The average Bonchev–Trinajstić information content (AvgIpc) is 3.02. The summed E-state index contributed by atoms with van der Waals surface area (Å²) in [6, 6.07) is 10.2.